The van der Waals surface area contributed by atoms with Crippen LogP contribution in [0.25, 0.3) is 0 Å². The lowest BCUT2D eigenvalue weighted by molar-refractivity contribution is 0.0370. The summed E-state index contributed by atoms with van der Waals surface area (Å²) < 4.78 is 5.59. The molecule has 1 aliphatic rings. The van der Waals surface area contributed by atoms with Gasteiger partial charge in [0.1, 0.15) is 0 Å². The molecule has 0 bridgehead atoms. The van der Waals surface area contributed by atoms with E-state index in [2.05, 4.69) is 13.0 Å². The van der Waals surface area contributed by atoms with Crippen molar-refractivity contribution in [2.24, 2.45) is 0 Å². The minimum absolute atomic E-state index is 0.238. The predicted molar refractivity (Wildman–Crippen MR) is 49.1 cm³/mol. The van der Waals surface area contributed by atoms with Crippen molar-refractivity contribution < 1.29 is 9.84 Å². The second-order valence-corrected chi connectivity index (χ2v) is 3.40. The molecule has 12 heavy (non-hydrogen) atoms. The van der Waals surface area contributed by atoms with Gasteiger partial charge in [0.2, 0.25) is 0 Å². The number of aliphatic hydroxyl groups excluding tert-OH is 1. The van der Waals surface area contributed by atoms with E-state index in [1.165, 1.54) is 5.57 Å². The van der Waals surface area contributed by atoms with Crippen LogP contribution in [0.3, 0.4) is 0 Å². The monoisotopic (exact) mass is 170 g/mol. The highest BCUT2D eigenvalue weighted by Gasteiger charge is 2.12. The molecule has 0 aromatic heterocycles. The van der Waals surface area contributed by atoms with E-state index in [1.807, 2.05) is 0 Å². The van der Waals surface area contributed by atoms with Gasteiger partial charge in [-0.15, -0.1) is 0 Å². The Bertz CT molecular complexity index is 152. The fraction of sp³-hybridized carbons (Fsp3) is 0.800. The van der Waals surface area contributed by atoms with Gasteiger partial charge in [0.05, 0.1) is 6.10 Å². The van der Waals surface area contributed by atoms with Crippen LogP contribution in [0.1, 0.15) is 32.6 Å². The molecule has 1 N–H and O–H groups in total. The number of hydrogen-bond acceptors (Lipinski definition) is 2. The average molecular weight is 170 g/mol. The number of allylic oxidation sites excluding steroid dienone is 1. The lowest BCUT2D eigenvalue weighted by Gasteiger charge is -2.21. The Labute approximate surface area is 74.2 Å². The smallest absolute Gasteiger partial charge is 0.0615 e. The second kappa shape index (κ2) is 5.33. The minimum Gasteiger partial charge on any atom is -0.396 e. The molecule has 0 aromatic carbocycles. The van der Waals surface area contributed by atoms with Crippen molar-refractivity contribution in [3.05, 3.63) is 11.6 Å². The average Bonchev–Trinajstić information content (AvgIpc) is 2.05. The molecule has 0 aromatic rings. The van der Waals surface area contributed by atoms with Gasteiger partial charge in [0.15, 0.2) is 0 Å². The third-order valence-corrected chi connectivity index (χ3v) is 2.19. The molecule has 2 nitrogen and oxygen atoms in total. The Balaban J connectivity index is 2.13. The molecule has 1 aliphatic carbocycles. The molecule has 0 amide bonds. The standard InChI is InChI=1S/C10H18O2/c1-9-4-2-5-10(8-9)12-7-3-6-11/h4,10-11H,2-3,5-8H2,1H3. The summed E-state index contributed by atoms with van der Waals surface area (Å²) in [5.74, 6) is 0. The van der Waals surface area contributed by atoms with Crippen molar-refractivity contribution >= 4 is 0 Å². The Morgan fingerprint density at radius 3 is 3.17 bits per heavy atom. The first-order valence-corrected chi connectivity index (χ1v) is 4.71. The molecule has 0 saturated heterocycles. The normalized spacial score (nSPS) is 23.8. The van der Waals surface area contributed by atoms with E-state index in [1.54, 1.807) is 0 Å². The van der Waals surface area contributed by atoms with E-state index in [9.17, 15) is 0 Å². The van der Waals surface area contributed by atoms with Crippen LogP contribution in [0.15, 0.2) is 11.6 Å². The molecule has 70 valence electrons. The molecule has 0 radical (unpaired) electrons. The van der Waals surface area contributed by atoms with Crippen LogP contribution in [-0.2, 0) is 4.74 Å². The zero-order valence-electron chi connectivity index (χ0n) is 7.75. The predicted octanol–water partition coefficient (Wildman–Crippen LogP) is 1.88. The zero-order chi connectivity index (χ0) is 8.81. The summed E-state index contributed by atoms with van der Waals surface area (Å²) in [4.78, 5) is 0. The summed E-state index contributed by atoms with van der Waals surface area (Å²) in [6.45, 7) is 3.09. The van der Waals surface area contributed by atoms with E-state index in [4.69, 9.17) is 9.84 Å². The Kier molecular flexibility index (Phi) is 4.33. The first-order valence-electron chi connectivity index (χ1n) is 4.71. The van der Waals surface area contributed by atoms with Crippen LogP contribution >= 0.6 is 0 Å². The van der Waals surface area contributed by atoms with Gasteiger partial charge in [-0.2, -0.15) is 0 Å². The Morgan fingerprint density at radius 1 is 1.67 bits per heavy atom. The molecule has 1 rings (SSSR count). The maximum Gasteiger partial charge on any atom is 0.0615 e. The van der Waals surface area contributed by atoms with Crippen molar-refractivity contribution in [3.63, 3.8) is 0 Å². The topological polar surface area (TPSA) is 29.5 Å². The van der Waals surface area contributed by atoms with E-state index < -0.39 is 0 Å². The van der Waals surface area contributed by atoms with Crippen molar-refractivity contribution in [1.82, 2.24) is 0 Å². The van der Waals surface area contributed by atoms with Crippen LogP contribution in [-0.4, -0.2) is 24.4 Å². The Morgan fingerprint density at radius 2 is 2.50 bits per heavy atom. The van der Waals surface area contributed by atoms with Crippen molar-refractivity contribution in [1.29, 1.82) is 0 Å². The second-order valence-electron chi connectivity index (χ2n) is 3.40. The third-order valence-electron chi connectivity index (χ3n) is 2.19. The van der Waals surface area contributed by atoms with Gasteiger partial charge in [0.25, 0.3) is 0 Å². The van der Waals surface area contributed by atoms with Gasteiger partial charge in [-0.3, -0.25) is 0 Å². The van der Waals surface area contributed by atoms with Crippen LogP contribution in [0.2, 0.25) is 0 Å². The minimum atomic E-state index is 0.238. The van der Waals surface area contributed by atoms with Crippen molar-refractivity contribution in [2.45, 2.75) is 38.7 Å². The molecule has 0 fully saturated rings. The Hall–Kier alpha value is -0.340. The number of ether oxygens (including phenoxy) is 1. The van der Waals surface area contributed by atoms with Crippen LogP contribution in [0.4, 0.5) is 0 Å². The highest BCUT2D eigenvalue weighted by molar-refractivity contribution is 5.03. The van der Waals surface area contributed by atoms with Crippen molar-refractivity contribution in [2.75, 3.05) is 13.2 Å². The number of rotatable bonds is 4. The summed E-state index contributed by atoms with van der Waals surface area (Å²) in [6, 6.07) is 0. The first kappa shape index (κ1) is 9.75. The highest BCUT2D eigenvalue weighted by atomic mass is 16.5. The van der Waals surface area contributed by atoms with E-state index in [-0.39, 0.29) is 6.61 Å². The number of aliphatic hydroxyl groups is 1. The summed E-state index contributed by atoms with van der Waals surface area (Å²) in [5.41, 5.74) is 1.44. The molecular formula is C10H18O2. The summed E-state index contributed by atoms with van der Waals surface area (Å²) in [7, 11) is 0. The molecule has 1 atom stereocenters. The highest BCUT2D eigenvalue weighted by Crippen LogP contribution is 2.20. The lowest BCUT2D eigenvalue weighted by Crippen LogP contribution is -2.17. The SMILES string of the molecule is CC1=CCCC(OCCCO)C1. The third kappa shape index (κ3) is 3.37. The van der Waals surface area contributed by atoms with E-state index in [0.717, 1.165) is 25.7 Å². The lowest BCUT2D eigenvalue weighted by atomic mass is 9.98. The quantitative estimate of drug-likeness (QED) is 0.515. The van der Waals surface area contributed by atoms with Gasteiger partial charge in [-0.1, -0.05) is 11.6 Å². The molecule has 0 spiro atoms. The van der Waals surface area contributed by atoms with Crippen LogP contribution in [0, 0.1) is 0 Å². The van der Waals surface area contributed by atoms with Gasteiger partial charge in [-0.05, 0) is 32.6 Å². The van der Waals surface area contributed by atoms with Crippen LogP contribution < -0.4 is 0 Å². The van der Waals surface area contributed by atoms with Gasteiger partial charge in [-0.25, -0.2) is 0 Å². The fourth-order valence-electron chi connectivity index (χ4n) is 1.52. The summed E-state index contributed by atoms with van der Waals surface area (Å²) in [5, 5.41) is 8.56. The molecule has 0 aliphatic heterocycles. The summed E-state index contributed by atoms with van der Waals surface area (Å²) >= 11 is 0. The van der Waals surface area contributed by atoms with Gasteiger partial charge in [0, 0.05) is 13.2 Å². The van der Waals surface area contributed by atoms with Gasteiger partial charge < -0.3 is 9.84 Å². The van der Waals surface area contributed by atoms with Gasteiger partial charge >= 0.3 is 0 Å². The summed E-state index contributed by atoms with van der Waals surface area (Å²) in [6.07, 6.45) is 6.82. The molecular weight excluding hydrogens is 152 g/mol. The molecule has 0 saturated carbocycles. The molecule has 2 heteroatoms. The first-order chi connectivity index (χ1) is 5.83. The molecule has 1 unspecified atom stereocenters. The molecule has 0 heterocycles. The van der Waals surface area contributed by atoms with Crippen molar-refractivity contribution in [3.8, 4) is 0 Å². The van der Waals surface area contributed by atoms with Crippen LogP contribution in [0.5, 0.6) is 0 Å². The maximum atomic E-state index is 8.56. The fourth-order valence-corrected chi connectivity index (χ4v) is 1.52. The van der Waals surface area contributed by atoms with E-state index in [0.29, 0.717) is 12.7 Å². The number of hydrogen-bond donors (Lipinski definition) is 1. The maximum absolute atomic E-state index is 8.56. The van der Waals surface area contributed by atoms with E-state index >= 15 is 0 Å². The largest absolute Gasteiger partial charge is 0.396 e. The zero-order valence-corrected chi connectivity index (χ0v) is 7.75.